The quantitative estimate of drug-likeness (QED) is 0.248. The van der Waals surface area contributed by atoms with E-state index in [0.29, 0.717) is 43.5 Å². The Morgan fingerprint density at radius 1 is 1.16 bits per heavy atom. The molecule has 2 fully saturated rings. The first kappa shape index (κ1) is 30.5. The highest BCUT2D eigenvalue weighted by Gasteiger charge is 2.40. The predicted molar refractivity (Wildman–Crippen MR) is 180 cm³/mol. The SMILES string of the molecule is COC1=C(NC2=NC3CC=CC=C3C(Nc3ccccc3S(=O)(=O)C(P)I)=N2)C=CC(N2CCC3(CC2)OCCO3)=CC1. The van der Waals surface area contributed by atoms with Crippen molar-refractivity contribution < 1.29 is 22.6 Å². The Balaban J connectivity index is 1.23. The van der Waals surface area contributed by atoms with Crippen LogP contribution in [0, 0.1) is 0 Å². The topological polar surface area (TPSA) is 114 Å². The van der Waals surface area contributed by atoms with Crippen LogP contribution in [0.2, 0.25) is 0 Å². The van der Waals surface area contributed by atoms with Gasteiger partial charge in [-0.05, 0) is 30.7 Å². The van der Waals surface area contributed by atoms with Gasteiger partial charge in [0.2, 0.25) is 5.96 Å². The van der Waals surface area contributed by atoms with Gasteiger partial charge >= 0.3 is 0 Å². The zero-order valence-corrected chi connectivity index (χ0v) is 28.0. The number of ether oxygens (including phenoxy) is 3. The molecule has 2 aliphatic carbocycles. The number of likely N-dealkylation sites (tertiary alicyclic amines) is 1. The lowest BCUT2D eigenvalue weighted by atomic mass is 9.97. The minimum Gasteiger partial charge on any atom is -0.499 e. The number of sulfone groups is 1. The fraction of sp³-hybridized carbons (Fsp3) is 0.400. The van der Waals surface area contributed by atoms with E-state index in [1.165, 1.54) is 0 Å². The molecule has 6 rings (SSSR count). The van der Waals surface area contributed by atoms with E-state index in [4.69, 9.17) is 24.2 Å². The molecule has 0 radical (unpaired) electrons. The van der Waals surface area contributed by atoms with Gasteiger partial charge in [-0.1, -0.05) is 59.0 Å². The molecule has 1 spiro atoms. The Hall–Kier alpha value is -2.51. The number of fused-ring (bicyclic) bond motifs is 1. The zero-order valence-electron chi connectivity index (χ0n) is 23.8. The van der Waals surface area contributed by atoms with Gasteiger partial charge in [0.15, 0.2) is 15.6 Å². The lowest BCUT2D eigenvalue weighted by molar-refractivity contribution is -0.182. The maximum atomic E-state index is 13.1. The van der Waals surface area contributed by atoms with E-state index >= 15 is 0 Å². The van der Waals surface area contributed by atoms with Gasteiger partial charge in [0.05, 0.1) is 42.6 Å². The molecule has 1 aromatic rings. The Morgan fingerprint density at radius 2 is 1.93 bits per heavy atom. The molecular weight excluding hydrogens is 700 g/mol. The van der Waals surface area contributed by atoms with Gasteiger partial charge in [0, 0.05) is 43.6 Å². The van der Waals surface area contributed by atoms with Gasteiger partial charge in [-0.2, -0.15) is 4.99 Å². The Bertz CT molecular complexity index is 1580. The number of aliphatic imine (C=N–C) groups is 2. The van der Waals surface area contributed by atoms with Crippen LogP contribution in [0.5, 0.6) is 0 Å². The van der Waals surface area contributed by atoms with Gasteiger partial charge in [-0.15, -0.1) is 9.24 Å². The summed E-state index contributed by atoms with van der Waals surface area (Å²) in [4.78, 5) is 12.3. The number of piperidine rings is 1. The Labute approximate surface area is 268 Å². The molecule has 3 heterocycles. The van der Waals surface area contributed by atoms with Crippen molar-refractivity contribution in [2.45, 2.75) is 45.4 Å². The molecule has 5 aliphatic rings. The van der Waals surface area contributed by atoms with Gasteiger partial charge < -0.3 is 29.7 Å². The number of guanidine groups is 1. The van der Waals surface area contributed by atoms with E-state index in [1.54, 1.807) is 25.3 Å². The van der Waals surface area contributed by atoms with E-state index in [1.807, 2.05) is 46.9 Å². The van der Waals surface area contributed by atoms with Crippen LogP contribution in [0.4, 0.5) is 5.69 Å². The number of rotatable bonds is 6. The number of benzene rings is 1. The second kappa shape index (κ2) is 12.8. The first-order chi connectivity index (χ1) is 20.8. The maximum Gasteiger partial charge on any atom is 0.225 e. The molecule has 43 heavy (non-hydrogen) atoms. The molecule has 10 nitrogen and oxygen atoms in total. The fourth-order valence-corrected chi connectivity index (χ4v) is 7.94. The van der Waals surface area contributed by atoms with Gasteiger partial charge in [-0.3, -0.25) is 0 Å². The third-order valence-electron chi connectivity index (χ3n) is 8.06. The van der Waals surface area contributed by atoms with Crippen molar-refractivity contribution in [2.24, 2.45) is 9.98 Å². The van der Waals surface area contributed by atoms with Crippen molar-refractivity contribution in [1.82, 2.24) is 10.2 Å². The summed E-state index contributed by atoms with van der Waals surface area (Å²) in [6.45, 7) is 3.03. The summed E-state index contributed by atoms with van der Waals surface area (Å²) in [6.07, 6.45) is 15.3. The van der Waals surface area contributed by atoms with Crippen LogP contribution >= 0.6 is 31.8 Å². The third kappa shape index (κ3) is 6.49. The lowest BCUT2D eigenvalue weighted by Gasteiger charge is -2.39. The molecule has 2 saturated heterocycles. The summed E-state index contributed by atoms with van der Waals surface area (Å²) in [7, 11) is 0.463. The fourth-order valence-electron chi connectivity index (χ4n) is 5.74. The summed E-state index contributed by atoms with van der Waals surface area (Å²) >= 11 is 1.90. The van der Waals surface area contributed by atoms with Crippen molar-refractivity contribution in [1.29, 1.82) is 0 Å². The van der Waals surface area contributed by atoms with E-state index in [9.17, 15) is 8.42 Å². The summed E-state index contributed by atoms with van der Waals surface area (Å²) in [5.41, 5.74) is 3.26. The van der Waals surface area contributed by atoms with Crippen molar-refractivity contribution in [3.05, 3.63) is 83.4 Å². The smallest absolute Gasteiger partial charge is 0.225 e. The molecule has 0 aromatic heterocycles. The number of anilines is 1. The molecule has 3 unspecified atom stereocenters. The van der Waals surface area contributed by atoms with E-state index in [2.05, 4.69) is 43.0 Å². The second-order valence-electron chi connectivity index (χ2n) is 10.7. The predicted octanol–water partition coefficient (Wildman–Crippen LogP) is 4.62. The van der Waals surface area contributed by atoms with Crippen LogP contribution in [0.1, 0.15) is 25.7 Å². The zero-order chi connectivity index (χ0) is 30.0. The molecule has 0 amide bonds. The number of methoxy groups -OCH3 is 1. The molecule has 3 atom stereocenters. The third-order valence-corrected chi connectivity index (χ3v) is 12.7. The van der Waals surface area contributed by atoms with Crippen molar-refractivity contribution in [2.75, 3.05) is 38.7 Å². The maximum absolute atomic E-state index is 13.1. The average molecular weight is 736 g/mol. The molecule has 13 heteroatoms. The van der Waals surface area contributed by atoms with E-state index < -0.39 is 18.6 Å². The molecular formula is C30H35IN5O5PS. The van der Waals surface area contributed by atoms with Crippen LogP contribution in [0.25, 0.3) is 0 Å². The van der Waals surface area contributed by atoms with E-state index in [0.717, 1.165) is 48.7 Å². The number of alkyl halides is 1. The first-order valence-corrected chi connectivity index (χ1v) is 17.7. The van der Waals surface area contributed by atoms with Gasteiger partial charge in [-0.25, -0.2) is 13.4 Å². The minimum atomic E-state index is -3.56. The summed E-state index contributed by atoms with van der Waals surface area (Å²) in [5.74, 6) is 1.32. The molecule has 3 aliphatic heterocycles. The number of para-hydroxylation sites is 1. The van der Waals surface area contributed by atoms with Crippen molar-refractivity contribution in [3.63, 3.8) is 0 Å². The normalized spacial score (nSPS) is 24.0. The summed E-state index contributed by atoms with van der Waals surface area (Å²) < 4.78 is 43.1. The second-order valence-corrected chi connectivity index (χ2v) is 17.4. The number of halogens is 1. The van der Waals surface area contributed by atoms with Crippen molar-refractivity contribution >= 4 is 59.2 Å². The Morgan fingerprint density at radius 3 is 2.67 bits per heavy atom. The van der Waals surface area contributed by atoms with Gasteiger partial charge in [0.25, 0.3) is 0 Å². The molecule has 0 bridgehead atoms. The molecule has 1 aromatic carbocycles. The largest absolute Gasteiger partial charge is 0.499 e. The van der Waals surface area contributed by atoms with Crippen LogP contribution in [0.3, 0.4) is 0 Å². The van der Waals surface area contributed by atoms with Crippen LogP contribution in [0.15, 0.2) is 98.3 Å². The molecule has 228 valence electrons. The number of nitrogens with one attached hydrogen (secondary N) is 2. The minimum absolute atomic E-state index is 0.161. The monoisotopic (exact) mass is 735 g/mol. The number of hydrogen-bond donors (Lipinski definition) is 2. The number of amidine groups is 1. The average Bonchev–Trinajstić information content (AvgIpc) is 3.36. The van der Waals surface area contributed by atoms with E-state index in [-0.39, 0.29) is 10.9 Å². The van der Waals surface area contributed by atoms with Gasteiger partial charge in [0.1, 0.15) is 14.6 Å². The highest BCUT2D eigenvalue weighted by atomic mass is 127. The standard InChI is InChI=1S/C30H35IN5O5PS/c1-39-25-13-11-20(36-16-14-30(15-17-36)40-18-19-41-30)10-12-23(25)34-29-33-22-7-3-2-6-21(22)27(35-29)32-24-8-4-5-9-26(24)43(37,38)28(31)42/h2-6,8-12,22,28H,7,13-19,42H2,1H3,(H2,32,33,34,35). The summed E-state index contributed by atoms with van der Waals surface area (Å²) in [6, 6.07) is 6.74. The lowest BCUT2D eigenvalue weighted by Crippen LogP contribution is -2.44. The molecule has 2 N–H and O–H groups in total. The number of allylic oxidation sites excluding steroid dienone is 5. The van der Waals surface area contributed by atoms with Crippen LogP contribution in [-0.2, 0) is 24.0 Å². The first-order valence-electron chi connectivity index (χ1n) is 14.3. The number of nitrogens with zero attached hydrogens (tertiary/aromatic N) is 3. The van der Waals surface area contributed by atoms with Crippen LogP contribution in [-0.4, -0.2) is 73.4 Å². The highest BCUT2D eigenvalue weighted by Crippen LogP contribution is 2.34. The summed E-state index contributed by atoms with van der Waals surface area (Å²) in [5, 5.41) is 6.72. The Kier molecular flexibility index (Phi) is 9.11. The van der Waals surface area contributed by atoms with Crippen LogP contribution < -0.4 is 10.6 Å². The molecule has 0 saturated carbocycles. The number of hydrogen-bond acceptors (Lipinski definition) is 10. The van der Waals surface area contributed by atoms with Crippen molar-refractivity contribution in [3.8, 4) is 0 Å². The highest BCUT2D eigenvalue weighted by molar-refractivity contribution is 14.1.